The summed E-state index contributed by atoms with van der Waals surface area (Å²) >= 11 is 3.28. The third kappa shape index (κ3) is 4.17. The van der Waals surface area contributed by atoms with Crippen LogP contribution in [0.5, 0.6) is 0 Å². The van der Waals surface area contributed by atoms with Crippen molar-refractivity contribution in [3.63, 3.8) is 0 Å². The molecule has 2 aromatic heterocycles. The number of rotatable bonds is 5. The molecule has 26 heavy (non-hydrogen) atoms. The smallest absolute Gasteiger partial charge is 0.405 e. The molecule has 11 heteroatoms. The van der Waals surface area contributed by atoms with Gasteiger partial charge < -0.3 is 10.4 Å². The Hall–Kier alpha value is -2.95. The molecule has 0 saturated heterocycles. The molecule has 3 rings (SSSR count). The minimum atomic E-state index is -1.31. The zero-order chi connectivity index (χ0) is 18.7. The molecule has 0 saturated carbocycles. The summed E-state index contributed by atoms with van der Waals surface area (Å²) in [6.07, 6.45) is 2.79. The van der Waals surface area contributed by atoms with Crippen LogP contribution in [0.3, 0.4) is 0 Å². The first-order chi connectivity index (χ1) is 12.4. The lowest BCUT2D eigenvalue weighted by atomic mass is 10.0. The third-order valence-corrected chi connectivity index (χ3v) is 3.98. The van der Waals surface area contributed by atoms with Crippen LogP contribution in [0.4, 0.5) is 13.6 Å². The van der Waals surface area contributed by atoms with Crippen LogP contribution in [0.2, 0.25) is 0 Å². The number of hydrogen-bond acceptors (Lipinski definition) is 5. The molecule has 8 nitrogen and oxygen atoms in total. The van der Waals surface area contributed by atoms with Crippen molar-refractivity contribution in [2.45, 2.75) is 12.5 Å². The second-order valence-corrected chi connectivity index (χ2v) is 6.08. The molecule has 0 aliphatic rings. The molecule has 3 aromatic rings. The van der Waals surface area contributed by atoms with Crippen molar-refractivity contribution in [3.8, 4) is 5.95 Å². The SMILES string of the molecule is O=C(O)NC(Cc1cc(F)cc(F)c1)c1nc(-n2cncn2)ncc1Br. The molecular weight excluding hydrogens is 414 g/mol. The monoisotopic (exact) mass is 424 g/mol. The Morgan fingerprint density at radius 1 is 1.31 bits per heavy atom. The molecule has 0 radical (unpaired) electrons. The first-order valence-corrected chi connectivity index (χ1v) is 8.03. The highest BCUT2D eigenvalue weighted by atomic mass is 79.9. The Morgan fingerprint density at radius 2 is 2.04 bits per heavy atom. The van der Waals surface area contributed by atoms with Crippen LogP contribution in [0.15, 0.2) is 41.5 Å². The average Bonchev–Trinajstić information content (AvgIpc) is 3.08. The van der Waals surface area contributed by atoms with Gasteiger partial charge in [0.1, 0.15) is 24.3 Å². The van der Waals surface area contributed by atoms with Crippen molar-refractivity contribution >= 4 is 22.0 Å². The summed E-state index contributed by atoms with van der Waals surface area (Å²) in [5.41, 5.74) is 0.562. The Morgan fingerprint density at radius 3 is 2.65 bits per heavy atom. The number of aromatic nitrogens is 5. The van der Waals surface area contributed by atoms with Gasteiger partial charge in [0.05, 0.1) is 16.2 Å². The normalized spacial score (nSPS) is 12.0. The van der Waals surface area contributed by atoms with E-state index in [1.54, 1.807) is 0 Å². The van der Waals surface area contributed by atoms with Crippen LogP contribution in [0, 0.1) is 11.6 Å². The van der Waals surface area contributed by atoms with E-state index in [1.807, 2.05) is 0 Å². The number of hydrogen-bond donors (Lipinski definition) is 2. The standard InChI is InChI=1S/C15H11BrF2N6O2/c16-11-5-20-14(24-7-19-6-21-24)23-13(11)12(22-15(25)26)3-8-1-9(17)4-10(18)2-8/h1-2,4-7,12,22H,3H2,(H,25,26). The first-order valence-electron chi connectivity index (χ1n) is 7.24. The second-order valence-electron chi connectivity index (χ2n) is 5.23. The molecule has 1 unspecified atom stereocenters. The van der Waals surface area contributed by atoms with Gasteiger partial charge in [-0.3, -0.25) is 0 Å². The number of carboxylic acid groups (broad SMARTS) is 1. The van der Waals surface area contributed by atoms with Gasteiger partial charge >= 0.3 is 6.09 Å². The molecule has 2 N–H and O–H groups in total. The fourth-order valence-corrected chi connectivity index (χ4v) is 2.83. The number of amides is 1. The van der Waals surface area contributed by atoms with Crippen molar-refractivity contribution in [2.75, 3.05) is 0 Å². The third-order valence-electron chi connectivity index (χ3n) is 3.37. The fourth-order valence-electron chi connectivity index (χ4n) is 2.37. The Balaban J connectivity index is 1.99. The van der Waals surface area contributed by atoms with E-state index in [9.17, 15) is 13.6 Å². The summed E-state index contributed by atoms with van der Waals surface area (Å²) in [5, 5.41) is 15.3. The van der Waals surface area contributed by atoms with Crippen LogP contribution in [-0.2, 0) is 6.42 Å². The zero-order valence-electron chi connectivity index (χ0n) is 13.0. The van der Waals surface area contributed by atoms with Gasteiger partial charge in [-0.1, -0.05) is 0 Å². The average molecular weight is 425 g/mol. The van der Waals surface area contributed by atoms with Crippen LogP contribution in [0.1, 0.15) is 17.3 Å². The molecule has 0 fully saturated rings. The number of carbonyl (C=O) groups is 1. The highest BCUT2D eigenvalue weighted by Gasteiger charge is 2.21. The van der Waals surface area contributed by atoms with Gasteiger partial charge in [0.15, 0.2) is 0 Å². The summed E-state index contributed by atoms with van der Waals surface area (Å²) in [4.78, 5) is 23.4. The molecule has 0 spiro atoms. The summed E-state index contributed by atoms with van der Waals surface area (Å²) < 4.78 is 28.6. The van der Waals surface area contributed by atoms with Gasteiger partial charge in [-0.15, -0.1) is 0 Å². The molecule has 1 atom stereocenters. The Labute approximate surface area is 154 Å². The van der Waals surface area contributed by atoms with Crippen LogP contribution in [-0.4, -0.2) is 35.9 Å². The fraction of sp³-hybridized carbons (Fsp3) is 0.133. The van der Waals surface area contributed by atoms with E-state index in [-0.39, 0.29) is 23.6 Å². The van der Waals surface area contributed by atoms with Gasteiger partial charge in [-0.2, -0.15) is 9.78 Å². The lowest BCUT2D eigenvalue weighted by Gasteiger charge is -2.18. The molecule has 0 aliphatic heterocycles. The quantitative estimate of drug-likeness (QED) is 0.651. The van der Waals surface area contributed by atoms with Gasteiger partial charge in [-0.05, 0) is 40.0 Å². The van der Waals surface area contributed by atoms with Crippen LogP contribution >= 0.6 is 15.9 Å². The largest absolute Gasteiger partial charge is 0.465 e. The van der Waals surface area contributed by atoms with E-state index in [2.05, 4.69) is 41.3 Å². The van der Waals surface area contributed by atoms with E-state index in [1.165, 1.54) is 23.5 Å². The Kier molecular flexibility index (Phi) is 5.16. The summed E-state index contributed by atoms with van der Waals surface area (Å²) in [7, 11) is 0. The number of benzene rings is 1. The van der Waals surface area contributed by atoms with Gasteiger partial charge in [0, 0.05) is 12.3 Å². The topological polar surface area (TPSA) is 106 Å². The van der Waals surface area contributed by atoms with Crippen LogP contribution in [0.25, 0.3) is 5.95 Å². The van der Waals surface area contributed by atoms with E-state index in [0.717, 1.165) is 18.2 Å². The van der Waals surface area contributed by atoms with Crippen molar-refractivity contribution in [1.82, 2.24) is 30.0 Å². The molecule has 0 aliphatic carbocycles. The summed E-state index contributed by atoms with van der Waals surface area (Å²) in [6, 6.07) is 2.13. The molecule has 134 valence electrons. The molecule has 1 amide bonds. The molecule has 2 heterocycles. The predicted octanol–water partition coefficient (Wildman–Crippen LogP) is 2.65. The van der Waals surface area contributed by atoms with Crippen molar-refractivity contribution in [2.24, 2.45) is 0 Å². The van der Waals surface area contributed by atoms with E-state index >= 15 is 0 Å². The lowest BCUT2D eigenvalue weighted by Crippen LogP contribution is -2.30. The molecule has 1 aromatic carbocycles. The minimum absolute atomic E-state index is 0.0204. The predicted molar refractivity (Wildman–Crippen MR) is 88.6 cm³/mol. The van der Waals surface area contributed by atoms with E-state index in [4.69, 9.17) is 5.11 Å². The maximum absolute atomic E-state index is 13.4. The van der Waals surface area contributed by atoms with Crippen molar-refractivity contribution in [1.29, 1.82) is 0 Å². The van der Waals surface area contributed by atoms with E-state index < -0.39 is 23.8 Å². The van der Waals surface area contributed by atoms with Gasteiger partial charge in [-0.25, -0.2) is 28.5 Å². The number of halogens is 3. The highest BCUT2D eigenvalue weighted by Crippen LogP contribution is 2.25. The Bertz CT molecular complexity index is 918. The summed E-state index contributed by atoms with van der Waals surface area (Å²) in [6.45, 7) is 0. The minimum Gasteiger partial charge on any atom is -0.465 e. The maximum atomic E-state index is 13.4. The van der Waals surface area contributed by atoms with Crippen LogP contribution < -0.4 is 5.32 Å². The second kappa shape index (κ2) is 7.52. The van der Waals surface area contributed by atoms with Gasteiger partial charge in [0.2, 0.25) is 0 Å². The van der Waals surface area contributed by atoms with Crippen molar-refractivity contribution in [3.05, 3.63) is 64.4 Å². The van der Waals surface area contributed by atoms with E-state index in [0.29, 0.717) is 4.47 Å². The highest BCUT2D eigenvalue weighted by molar-refractivity contribution is 9.10. The maximum Gasteiger partial charge on any atom is 0.405 e. The van der Waals surface area contributed by atoms with Gasteiger partial charge in [0.25, 0.3) is 5.95 Å². The molecule has 0 bridgehead atoms. The van der Waals surface area contributed by atoms with Crippen molar-refractivity contribution < 1.29 is 18.7 Å². The zero-order valence-corrected chi connectivity index (χ0v) is 14.6. The number of nitrogens with zero attached hydrogens (tertiary/aromatic N) is 5. The lowest BCUT2D eigenvalue weighted by molar-refractivity contribution is 0.189. The summed E-state index contributed by atoms with van der Waals surface area (Å²) in [5.74, 6) is -1.33. The molecular formula is C15H11BrF2N6O2. The number of nitrogens with one attached hydrogen (secondary N) is 1. The first kappa shape index (κ1) is 17.9.